The summed E-state index contributed by atoms with van der Waals surface area (Å²) in [6.07, 6.45) is 4.02. The number of aromatic hydroxyl groups is 1. The Morgan fingerprint density at radius 2 is 1.67 bits per heavy atom. The van der Waals surface area contributed by atoms with Gasteiger partial charge in [0.1, 0.15) is 23.4 Å². The number of aryl methyl sites for hydroxylation is 1. The third-order valence-corrected chi connectivity index (χ3v) is 6.44. The van der Waals surface area contributed by atoms with Gasteiger partial charge in [-0.1, -0.05) is 68.5 Å². The van der Waals surface area contributed by atoms with Crippen LogP contribution in [0.2, 0.25) is 5.02 Å². The van der Waals surface area contributed by atoms with Gasteiger partial charge in [0.05, 0.1) is 10.7 Å². The molecule has 0 saturated heterocycles. The number of halogens is 1. The van der Waals surface area contributed by atoms with Crippen LogP contribution in [0.25, 0.3) is 0 Å². The molecule has 0 aliphatic heterocycles. The number of phenols is 1. The first-order chi connectivity index (χ1) is 18.3. The SMILES string of the molecule is CCCCCCCN(C(=O)C(C)NC(=O)OC(C)(C)C)C(C(=O)Nc1c(C)cccc1Cl)c1ccc(O)cc1. The molecule has 3 N–H and O–H groups in total. The highest BCUT2D eigenvalue weighted by molar-refractivity contribution is 6.34. The molecule has 0 aliphatic rings. The minimum Gasteiger partial charge on any atom is -0.508 e. The normalized spacial score (nSPS) is 12.8. The number of carbonyl (C=O) groups is 3. The molecule has 0 radical (unpaired) electrons. The molecule has 2 unspecified atom stereocenters. The number of anilines is 1. The predicted molar refractivity (Wildman–Crippen MR) is 155 cm³/mol. The highest BCUT2D eigenvalue weighted by Crippen LogP contribution is 2.30. The predicted octanol–water partition coefficient (Wildman–Crippen LogP) is 6.75. The number of hydrogen-bond donors (Lipinski definition) is 3. The van der Waals surface area contributed by atoms with Gasteiger partial charge in [-0.15, -0.1) is 0 Å². The molecule has 9 heteroatoms. The number of benzene rings is 2. The molecule has 8 nitrogen and oxygen atoms in total. The molecule has 0 aliphatic carbocycles. The zero-order chi connectivity index (χ0) is 29.2. The lowest BCUT2D eigenvalue weighted by molar-refractivity contribution is -0.140. The topological polar surface area (TPSA) is 108 Å². The number of unbranched alkanes of at least 4 members (excludes halogenated alkanes) is 4. The Bertz CT molecular complexity index is 1090. The van der Waals surface area contributed by atoms with Crippen molar-refractivity contribution in [1.29, 1.82) is 0 Å². The highest BCUT2D eigenvalue weighted by atomic mass is 35.5. The Kier molecular flexibility index (Phi) is 12.1. The van der Waals surface area contributed by atoms with Crippen LogP contribution in [0.4, 0.5) is 10.5 Å². The molecule has 2 aromatic rings. The summed E-state index contributed by atoms with van der Waals surface area (Å²) in [7, 11) is 0. The second-order valence-corrected chi connectivity index (χ2v) is 11.1. The number of hydrogen-bond acceptors (Lipinski definition) is 5. The summed E-state index contributed by atoms with van der Waals surface area (Å²) in [5, 5.41) is 15.8. The first-order valence-corrected chi connectivity index (χ1v) is 13.9. The Hall–Kier alpha value is -3.26. The van der Waals surface area contributed by atoms with Gasteiger partial charge < -0.3 is 25.4 Å². The summed E-state index contributed by atoms with van der Waals surface area (Å²) in [4.78, 5) is 41.6. The Morgan fingerprint density at radius 3 is 2.26 bits per heavy atom. The maximum atomic E-state index is 13.9. The van der Waals surface area contributed by atoms with E-state index in [4.69, 9.17) is 16.3 Å². The lowest BCUT2D eigenvalue weighted by Crippen LogP contribution is -2.51. The fraction of sp³-hybridized carbons (Fsp3) is 0.500. The Morgan fingerprint density at radius 1 is 1.03 bits per heavy atom. The Labute approximate surface area is 237 Å². The zero-order valence-corrected chi connectivity index (χ0v) is 24.6. The van der Waals surface area contributed by atoms with Crippen LogP contribution in [0.15, 0.2) is 42.5 Å². The van der Waals surface area contributed by atoms with Crippen LogP contribution < -0.4 is 10.6 Å². The van der Waals surface area contributed by atoms with Gasteiger partial charge in [0.25, 0.3) is 5.91 Å². The summed E-state index contributed by atoms with van der Waals surface area (Å²) < 4.78 is 5.33. The van der Waals surface area contributed by atoms with Crippen LogP contribution in [0.1, 0.15) is 83.9 Å². The van der Waals surface area contributed by atoms with Crippen molar-refractivity contribution in [2.24, 2.45) is 0 Å². The first kappa shape index (κ1) is 32.0. The fourth-order valence-electron chi connectivity index (χ4n) is 4.16. The van der Waals surface area contributed by atoms with Gasteiger partial charge >= 0.3 is 6.09 Å². The Balaban J connectivity index is 2.45. The number of phenolic OH excluding ortho intramolecular Hbond substituents is 1. The monoisotopic (exact) mass is 559 g/mol. The fourth-order valence-corrected chi connectivity index (χ4v) is 4.43. The van der Waals surface area contributed by atoms with E-state index in [0.717, 1.165) is 31.2 Å². The van der Waals surface area contributed by atoms with Crippen LogP contribution in [0, 0.1) is 6.92 Å². The lowest BCUT2D eigenvalue weighted by Gasteiger charge is -2.34. The van der Waals surface area contributed by atoms with Crippen LogP contribution >= 0.6 is 11.6 Å². The number of ether oxygens (including phenoxy) is 1. The summed E-state index contributed by atoms with van der Waals surface area (Å²) in [5.41, 5.74) is 1.02. The van der Waals surface area contributed by atoms with E-state index in [0.29, 0.717) is 29.2 Å². The maximum Gasteiger partial charge on any atom is 0.408 e. The van der Waals surface area contributed by atoms with E-state index in [1.807, 2.05) is 13.0 Å². The third-order valence-electron chi connectivity index (χ3n) is 6.13. The smallest absolute Gasteiger partial charge is 0.408 e. The number of rotatable bonds is 12. The van der Waals surface area contributed by atoms with Gasteiger partial charge in [-0.2, -0.15) is 0 Å². The number of amides is 3. The molecule has 2 atom stereocenters. The van der Waals surface area contributed by atoms with Crippen LogP contribution in [-0.2, 0) is 14.3 Å². The molecule has 3 amide bonds. The molecule has 0 bridgehead atoms. The van der Waals surface area contributed by atoms with Gasteiger partial charge in [0.2, 0.25) is 5.91 Å². The van der Waals surface area contributed by atoms with Gasteiger partial charge in [0.15, 0.2) is 0 Å². The van der Waals surface area contributed by atoms with E-state index in [2.05, 4.69) is 17.6 Å². The van der Waals surface area contributed by atoms with E-state index in [-0.39, 0.29) is 5.75 Å². The van der Waals surface area contributed by atoms with Crippen LogP contribution in [-0.4, -0.2) is 46.1 Å². The summed E-state index contributed by atoms with van der Waals surface area (Å²) >= 11 is 6.39. The summed E-state index contributed by atoms with van der Waals surface area (Å²) in [6.45, 7) is 11.0. The molecular formula is C30H42ClN3O5. The molecule has 0 spiro atoms. The van der Waals surface area contributed by atoms with Crippen molar-refractivity contribution in [3.63, 3.8) is 0 Å². The average Bonchev–Trinajstić information content (AvgIpc) is 2.84. The molecule has 0 saturated carbocycles. The van der Waals surface area contributed by atoms with Crippen LogP contribution in [0.3, 0.4) is 0 Å². The summed E-state index contributed by atoms with van der Waals surface area (Å²) in [6, 6.07) is 9.49. The number of para-hydroxylation sites is 1. The first-order valence-electron chi connectivity index (χ1n) is 13.5. The van der Waals surface area contributed by atoms with Gasteiger partial charge in [-0.25, -0.2) is 4.79 Å². The van der Waals surface area contributed by atoms with E-state index in [1.54, 1.807) is 52.0 Å². The van der Waals surface area contributed by atoms with E-state index >= 15 is 0 Å². The van der Waals surface area contributed by atoms with Crippen molar-refractivity contribution in [1.82, 2.24) is 10.2 Å². The molecule has 0 heterocycles. The number of nitrogens with zero attached hydrogens (tertiary/aromatic N) is 1. The van der Waals surface area contributed by atoms with E-state index in [9.17, 15) is 19.5 Å². The minimum atomic E-state index is -1.04. The number of carbonyl (C=O) groups excluding carboxylic acids is 3. The average molecular weight is 560 g/mol. The highest BCUT2D eigenvalue weighted by Gasteiger charge is 2.35. The second-order valence-electron chi connectivity index (χ2n) is 10.7. The maximum absolute atomic E-state index is 13.9. The molecule has 39 heavy (non-hydrogen) atoms. The standard InChI is InChI=1S/C30H42ClN3O5/c1-7-8-9-10-11-19-34(28(37)21(3)32-29(38)39-30(4,5)6)26(22-15-17-23(35)18-16-22)27(36)33-25-20(2)13-12-14-24(25)31/h12-18,21,26,35H,7-11,19H2,1-6H3,(H,32,38)(H,33,36). The van der Waals surface area contributed by atoms with Crippen LogP contribution in [0.5, 0.6) is 5.75 Å². The van der Waals surface area contributed by atoms with E-state index in [1.165, 1.54) is 17.0 Å². The number of alkyl carbamates (subject to hydrolysis) is 1. The summed E-state index contributed by atoms with van der Waals surface area (Å²) in [5.74, 6) is -0.846. The van der Waals surface area contributed by atoms with Gasteiger partial charge in [0, 0.05) is 6.54 Å². The van der Waals surface area contributed by atoms with Crippen molar-refractivity contribution >= 4 is 35.2 Å². The molecule has 0 fully saturated rings. The lowest BCUT2D eigenvalue weighted by atomic mass is 10.0. The molecule has 0 aromatic heterocycles. The van der Waals surface area contributed by atoms with Crippen molar-refractivity contribution in [3.8, 4) is 5.75 Å². The van der Waals surface area contributed by atoms with Crippen molar-refractivity contribution in [2.45, 2.75) is 91.3 Å². The largest absolute Gasteiger partial charge is 0.508 e. The molecule has 214 valence electrons. The van der Waals surface area contributed by atoms with Crippen molar-refractivity contribution in [2.75, 3.05) is 11.9 Å². The van der Waals surface area contributed by atoms with Crippen molar-refractivity contribution < 1.29 is 24.2 Å². The molecule has 2 aromatic carbocycles. The van der Waals surface area contributed by atoms with Gasteiger partial charge in [-0.3, -0.25) is 9.59 Å². The third kappa shape index (κ3) is 10.1. The minimum absolute atomic E-state index is 0.0391. The van der Waals surface area contributed by atoms with Crippen molar-refractivity contribution in [3.05, 3.63) is 58.6 Å². The molecular weight excluding hydrogens is 518 g/mol. The zero-order valence-electron chi connectivity index (χ0n) is 23.8. The second kappa shape index (κ2) is 14.8. The van der Waals surface area contributed by atoms with E-state index < -0.39 is 35.6 Å². The van der Waals surface area contributed by atoms with Gasteiger partial charge in [-0.05, 0) is 70.4 Å². The quantitative estimate of drug-likeness (QED) is 0.249. The molecule has 2 rings (SSSR count). The number of nitrogens with one attached hydrogen (secondary N) is 2.